The predicted molar refractivity (Wildman–Crippen MR) is 113 cm³/mol. The van der Waals surface area contributed by atoms with Crippen molar-refractivity contribution in [3.8, 4) is 0 Å². The van der Waals surface area contributed by atoms with Crippen LogP contribution in [0.2, 0.25) is 0 Å². The first kappa shape index (κ1) is 21.6. The summed E-state index contributed by atoms with van der Waals surface area (Å²) in [5.41, 5.74) is 0.600. The fourth-order valence-electron chi connectivity index (χ4n) is 4.53. The van der Waals surface area contributed by atoms with Gasteiger partial charge in [-0.1, -0.05) is 38.8 Å². The maximum Gasteiger partial charge on any atom is 0.222 e. The number of nitrogens with one attached hydrogen (secondary N) is 1. The number of anilines is 1. The topological polar surface area (TPSA) is 52.7 Å². The predicted octanol–water partition coefficient (Wildman–Crippen LogP) is 3.59. The second-order valence-electron chi connectivity index (χ2n) is 8.61. The molecule has 1 N–H and O–H groups in total. The summed E-state index contributed by atoms with van der Waals surface area (Å²) in [6.45, 7) is 6.93. The van der Waals surface area contributed by atoms with Gasteiger partial charge in [-0.3, -0.25) is 9.59 Å². The van der Waals surface area contributed by atoms with Crippen molar-refractivity contribution in [2.24, 2.45) is 11.8 Å². The summed E-state index contributed by atoms with van der Waals surface area (Å²) >= 11 is 0. The van der Waals surface area contributed by atoms with Gasteiger partial charge in [0.1, 0.15) is 5.82 Å². The number of amides is 2. The van der Waals surface area contributed by atoms with E-state index in [1.807, 2.05) is 15.9 Å². The minimum absolute atomic E-state index is 0.0631. The van der Waals surface area contributed by atoms with E-state index in [1.54, 1.807) is 12.1 Å². The van der Waals surface area contributed by atoms with E-state index >= 15 is 0 Å². The summed E-state index contributed by atoms with van der Waals surface area (Å²) < 4.78 is 13.9. The van der Waals surface area contributed by atoms with Gasteiger partial charge in [-0.25, -0.2) is 4.39 Å². The largest absolute Gasteiger partial charge is 0.366 e. The molecule has 1 saturated heterocycles. The third-order valence-corrected chi connectivity index (χ3v) is 6.67. The van der Waals surface area contributed by atoms with Crippen LogP contribution >= 0.6 is 0 Å². The van der Waals surface area contributed by atoms with Gasteiger partial charge in [0.25, 0.3) is 0 Å². The van der Waals surface area contributed by atoms with E-state index in [9.17, 15) is 14.0 Å². The van der Waals surface area contributed by atoms with E-state index in [4.69, 9.17) is 0 Å². The van der Waals surface area contributed by atoms with E-state index in [2.05, 4.69) is 19.2 Å². The minimum atomic E-state index is -0.222. The number of carbonyl (C=O) groups is 2. The zero-order valence-corrected chi connectivity index (χ0v) is 17.7. The van der Waals surface area contributed by atoms with Crippen molar-refractivity contribution in [2.45, 2.75) is 58.4 Å². The molecular weight excluding hydrogens is 369 g/mol. The Kier molecular flexibility index (Phi) is 7.51. The third kappa shape index (κ3) is 5.71. The van der Waals surface area contributed by atoms with Crippen LogP contribution in [-0.2, 0) is 9.59 Å². The van der Waals surface area contributed by atoms with Crippen molar-refractivity contribution >= 4 is 17.5 Å². The smallest absolute Gasteiger partial charge is 0.222 e. The Balaban J connectivity index is 1.36. The first-order valence-corrected chi connectivity index (χ1v) is 11.0. The van der Waals surface area contributed by atoms with Crippen LogP contribution in [0.4, 0.5) is 10.1 Å². The number of benzene rings is 1. The first-order chi connectivity index (χ1) is 14.0. The summed E-state index contributed by atoms with van der Waals surface area (Å²) in [4.78, 5) is 28.6. The minimum Gasteiger partial charge on any atom is -0.366 e. The molecule has 0 aromatic heterocycles. The summed E-state index contributed by atoms with van der Waals surface area (Å²) in [7, 11) is 0. The first-order valence-electron chi connectivity index (χ1n) is 11.0. The molecule has 1 aliphatic carbocycles. The van der Waals surface area contributed by atoms with Gasteiger partial charge in [0, 0.05) is 45.1 Å². The standard InChI is InChI=1S/C23H34FN3O2/c1-17-7-5-9-20(18(17)2)25-22(28)11-6-12-23(29)27-15-13-26(14-16-27)21-10-4-3-8-19(21)24/h3-4,8,10,17-18,20H,5-7,9,11-16H2,1-2H3,(H,25,28)/t17-,18+,20+/m1/s1. The van der Waals surface area contributed by atoms with E-state index < -0.39 is 0 Å². The number of nitrogens with zero attached hydrogens (tertiary/aromatic N) is 2. The molecule has 0 unspecified atom stereocenters. The fraction of sp³-hybridized carbons (Fsp3) is 0.652. The highest BCUT2D eigenvalue weighted by Gasteiger charge is 2.28. The molecular formula is C23H34FN3O2. The highest BCUT2D eigenvalue weighted by atomic mass is 19.1. The Morgan fingerprint density at radius 1 is 1.07 bits per heavy atom. The SMILES string of the molecule is C[C@H]1[C@H](C)CCC[C@@H]1NC(=O)CCCC(=O)N1CCN(c2ccccc2F)CC1. The zero-order chi connectivity index (χ0) is 20.8. The van der Waals surface area contributed by atoms with Crippen LogP contribution in [0, 0.1) is 17.7 Å². The van der Waals surface area contributed by atoms with Crippen LogP contribution in [0.25, 0.3) is 0 Å². The summed E-state index contributed by atoms with van der Waals surface area (Å²) in [6, 6.07) is 7.03. The molecule has 1 aromatic rings. The second kappa shape index (κ2) is 10.1. The monoisotopic (exact) mass is 403 g/mol. The van der Waals surface area contributed by atoms with Crippen LogP contribution < -0.4 is 10.2 Å². The highest BCUT2D eigenvalue weighted by molar-refractivity contribution is 5.79. The molecule has 3 rings (SSSR count). The van der Waals surface area contributed by atoms with Crippen molar-refractivity contribution < 1.29 is 14.0 Å². The van der Waals surface area contributed by atoms with E-state index in [-0.39, 0.29) is 23.7 Å². The molecule has 0 bridgehead atoms. The Bertz CT molecular complexity index is 703. The van der Waals surface area contributed by atoms with Gasteiger partial charge in [0.2, 0.25) is 11.8 Å². The van der Waals surface area contributed by atoms with Crippen LogP contribution in [0.5, 0.6) is 0 Å². The maximum atomic E-state index is 13.9. The van der Waals surface area contributed by atoms with E-state index in [0.29, 0.717) is 63.0 Å². The van der Waals surface area contributed by atoms with Gasteiger partial charge < -0.3 is 15.1 Å². The Morgan fingerprint density at radius 3 is 2.52 bits per heavy atom. The number of halogens is 1. The Morgan fingerprint density at radius 2 is 1.79 bits per heavy atom. The van der Waals surface area contributed by atoms with Gasteiger partial charge in [-0.2, -0.15) is 0 Å². The second-order valence-corrected chi connectivity index (χ2v) is 8.61. The molecule has 2 fully saturated rings. The average Bonchev–Trinajstić information content (AvgIpc) is 2.72. The molecule has 160 valence electrons. The molecule has 6 heteroatoms. The summed E-state index contributed by atoms with van der Waals surface area (Å²) in [5.74, 6) is 1.09. The molecule has 3 atom stereocenters. The van der Waals surface area contributed by atoms with Crippen molar-refractivity contribution in [1.29, 1.82) is 0 Å². The molecule has 2 aliphatic rings. The van der Waals surface area contributed by atoms with Crippen molar-refractivity contribution in [3.63, 3.8) is 0 Å². The maximum absolute atomic E-state index is 13.9. The molecule has 0 spiro atoms. The zero-order valence-electron chi connectivity index (χ0n) is 17.7. The number of rotatable bonds is 6. The Hall–Kier alpha value is -2.11. The molecule has 1 heterocycles. The average molecular weight is 404 g/mol. The number of hydrogen-bond acceptors (Lipinski definition) is 3. The van der Waals surface area contributed by atoms with Gasteiger partial charge in [0.05, 0.1) is 5.69 Å². The van der Waals surface area contributed by atoms with Crippen LogP contribution in [0.3, 0.4) is 0 Å². The quantitative estimate of drug-likeness (QED) is 0.790. The molecule has 5 nitrogen and oxygen atoms in total. The Labute approximate surface area is 173 Å². The van der Waals surface area contributed by atoms with Gasteiger partial charge in [0.15, 0.2) is 0 Å². The number of hydrogen-bond donors (Lipinski definition) is 1. The van der Waals surface area contributed by atoms with Gasteiger partial charge in [-0.05, 0) is 36.8 Å². The lowest BCUT2D eigenvalue weighted by Gasteiger charge is -2.36. The van der Waals surface area contributed by atoms with Crippen molar-refractivity contribution in [1.82, 2.24) is 10.2 Å². The number of carbonyl (C=O) groups excluding carboxylic acids is 2. The van der Waals surface area contributed by atoms with Gasteiger partial charge in [-0.15, -0.1) is 0 Å². The van der Waals surface area contributed by atoms with Gasteiger partial charge >= 0.3 is 0 Å². The highest BCUT2D eigenvalue weighted by Crippen LogP contribution is 2.29. The fourth-order valence-corrected chi connectivity index (χ4v) is 4.53. The van der Waals surface area contributed by atoms with Crippen LogP contribution in [-0.4, -0.2) is 48.9 Å². The van der Waals surface area contributed by atoms with E-state index in [0.717, 1.165) is 6.42 Å². The normalized spacial score (nSPS) is 25.0. The molecule has 1 saturated carbocycles. The van der Waals surface area contributed by atoms with Crippen LogP contribution in [0.1, 0.15) is 52.4 Å². The molecule has 1 aromatic carbocycles. The molecule has 29 heavy (non-hydrogen) atoms. The molecule has 0 radical (unpaired) electrons. The lowest BCUT2D eigenvalue weighted by atomic mass is 9.78. The lowest BCUT2D eigenvalue weighted by Crippen LogP contribution is -2.49. The summed E-state index contributed by atoms with van der Waals surface area (Å²) in [6.07, 6.45) is 4.85. The van der Waals surface area contributed by atoms with Crippen molar-refractivity contribution in [2.75, 3.05) is 31.1 Å². The summed E-state index contributed by atoms with van der Waals surface area (Å²) in [5, 5.41) is 3.18. The number of para-hydroxylation sites is 1. The van der Waals surface area contributed by atoms with E-state index in [1.165, 1.54) is 18.9 Å². The molecule has 1 aliphatic heterocycles. The number of piperazine rings is 1. The lowest BCUT2D eigenvalue weighted by molar-refractivity contribution is -0.131. The molecule has 2 amide bonds. The third-order valence-electron chi connectivity index (χ3n) is 6.67. The van der Waals surface area contributed by atoms with Crippen molar-refractivity contribution in [3.05, 3.63) is 30.1 Å². The van der Waals surface area contributed by atoms with Crippen LogP contribution in [0.15, 0.2) is 24.3 Å².